The normalized spacial score (nSPS) is 11.7. The number of nitrogens with one attached hydrogen (secondary N) is 1. The van der Waals surface area contributed by atoms with E-state index < -0.39 is 18.0 Å². The van der Waals surface area contributed by atoms with E-state index in [1.54, 1.807) is 24.3 Å². The summed E-state index contributed by atoms with van der Waals surface area (Å²) in [4.78, 5) is 22.0. The van der Waals surface area contributed by atoms with Crippen molar-refractivity contribution < 1.29 is 18.7 Å². The van der Waals surface area contributed by atoms with Crippen LogP contribution in [0.3, 0.4) is 0 Å². The van der Waals surface area contributed by atoms with Crippen LogP contribution in [0, 0.1) is 0 Å². The van der Waals surface area contributed by atoms with Crippen LogP contribution in [-0.2, 0) is 4.79 Å². The molecule has 3 N–H and O–H groups in total. The third-order valence-corrected chi connectivity index (χ3v) is 2.39. The Labute approximate surface area is 113 Å². The number of ether oxygens (including phenoxy) is 1. The molecule has 0 bridgehead atoms. The fraction of sp³-hybridized carbons (Fsp3) is 0.167. The SMILES string of the molecule is C[C@H](Oc1ccc(-c2nnco2)cc1)C(=O)NC(N)=O. The standard InChI is InChI=1S/C12H12N4O4/c1-7(10(17)15-12(13)18)20-9-4-2-8(3-5-9)11-16-14-6-19-11/h2-7H,1H3,(H3,13,15,17,18)/t7-/m0/s1. The van der Waals surface area contributed by atoms with E-state index in [0.29, 0.717) is 11.6 Å². The van der Waals surface area contributed by atoms with Crippen LogP contribution in [0.25, 0.3) is 11.5 Å². The second-order valence-electron chi connectivity index (χ2n) is 3.88. The van der Waals surface area contributed by atoms with Gasteiger partial charge in [0.05, 0.1) is 0 Å². The van der Waals surface area contributed by atoms with Crippen LogP contribution < -0.4 is 15.8 Å². The van der Waals surface area contributed by atoms with Crippen molar-refractivity contribution in [2.24, 2.45) is 5.73 Å². The minimum absolute atomic E-state index is 0.385. The van der Waals surface area contributed by atoms with Crippen LogP contribution in [0.2, 0.25) is 0 Å². The number of aromatic nitrogens is 2. The van der Waals surface area contributed by atoms with Crippen LogP contribution >= 0.6 is 0 Å². The molecule has 8 heteroatoms. The molecule has 1 aromatic heterocycles. The van der Waals surface area contributed by atoms with Gasteiger partial charge in [0.1, 0.15) is 5.75 Å². The van der Waals surface area contributed by atoms with Gasteiger partial charge in [0.2, 0.25) is 12.3 Å². The van der Waals surface area contributed by atoms with Crippen molar-refractivity contribution in [3.05, 3.63) is 30.7 Å². The molecule has 0 saturated heterocycles. The lowest BCUT2D eigenvalue weighted by Crippen LogP contribution is -2.42. The molecule has 1 aromatic carbocycles. The first kappa shape index (κ1) is 13.5. The van der Waals surface area contributed by atoms with Gasteiger partial charge < -0.3 is 14.9 Å². The Morgan fingerprint density at radius 1 is 1.35 bits per heavy atom. The van der Waals surface area contributed by atoms with Crippen molar-refractivity contribution in [3.63, 3.8) is 0 Å². The molecule has 3 amide bonds. The Hall–Kier alpha value is -2.90. The summed E-state index contributed by atoms with van der Waals surface area (Å²) in [5, 5.41) is 9.28. The molecule has 0 aliphatic carbocycles. The van der Waals surface area contributed by atoms with E-state index in [1.165, 1.54) is 13.3 Å². The van der Waals surface area contributed by atoms with Crippen LogP contribution in [0.1, 0.15) is 6.92 Å². The summed E-state index contributed by atoms with van der Waals surface area (Å²) in [6.45, 7) is 1.50. The van der Waals surface area contributed by atoms with Crippen molar-refractivity contribution >= 4 is 11.9 Å². The van der Waals surface area contributed by atoms with Crippen molar-refractivity contribution in [2.45, 2.75) is 13.0 Å². The largest absolute Gasteiger partial charge is 0.481 e. The van der Waals surface area contributed by atoms with Crippen LogP contribution in [-0.4, -0.2) is 28.2 Å². The third-order valence-electron chi connectivity index (χ3n) is 2.39. The van der Waals surface area contributed by atoms with Gasteiger partial charge in [0, 0.05) is 5.56 Å². The monoisotopic (exact) mass is 276 g/mol. The van der Waals surface area contributed by atoms with Crippen LogP contribution in [0.5, 0.6) is 5.75 Å². The number of rotatable bonds is 4. The summed E-state index contributed by atoms with van der Waals surface area (Å²) < 4.78 is 10.4. The summed E-state index contributed by atoms with van der Waals surface area (Å²) in [5.74, 6) is 0.231. The smallest absolute Gasteiger partial charge is 0.318 e. The average Bonchev–Trinajstić information content (AvgIpc) is 2.92. The molecule has 2 aromatic rings. The van der Waals surface area contributed by atoms with Crippen molar-refractivity contribution in [2.75, 3.05) is 0 Å². The molecule has 0 radical (unpaired) electrons. The number of benzene rings is 1. The second-order valence-corrected chi connectivity index (χ2v) is 3.88. The average molecular weight is 276 g/mol. The summed E-state index contributed by atoms with van der Waals surface area (Å²) in [6, 6.07) is 5.79. The number of nitrogens with zero attached hydrogens (tertiary/aromatic N) is 2. The van der Waals surface area contributed by atoms with Gasteiger partial charge in [-0.25, -0.2) is 4.79 Å². The quantitative estimate of drug-likeness (QED) is 0.847. The zero-order valence-electron chi connectivity index (χ0n) is 10.6. The topological polar surface area (TPSA) is 120 Å². The molecule has 0 saturated carbocycles. The van der Waals surface area contributed by atoms with E-state index in [2.05, 4.69) is 10.2 Å². The lowest BCUT2D eigenvalue weighted by atomic mass is 10.2. The number of nitrogens with two attached hydrogens (primary N) is 1. The Morgan fingerprint density at radius 2 is 2.05 bits per heavy atom. The zero-order valence-corrected chi connectivity index (χ0v) is 10.6. The molecule has 1 atom stereocenters. The molecule has 8 nitrogen and oxygen atoms in total. The molecule has 0 aliphatic rings. The highest BCUT2D eigenvalue weighted by Gasteiger charge is 2.16. The number of urea groups is 1. The molecule has 0 aliphatic heterocycles. The maximum atomic E-state index is 11.4. The third kappa shape index (κ3) is 3.31. The summed E-state index contributed by atoms with van der Waals surface area (Å²) in [6.07, 6.45) is 0.382. The summed E-state index contributed by atoms with van der Waals surface area (Å²) >= 11 is 0. The van der Waals surface area contributed by atoms with Gasteiger partial charge >= 0.3 is 6.03 Å². The van der Waals surface area contributed by atoms with E-state index in [0.717, 1.165) is 5.56 Å². The summed E-state index contributed by atoms with van der Waals surface area (Å²) in [7, 11) is 0. The minimum atomic E-state index is -0.919. The zero-order chi connectivity index (χ0) is 14.5. The van der Waals surface area contributed by atoms with E-state index in [-0.39, 0.29) is 0 Å². The maximum Gasteiger partial charge on any atom is 0.318 e. The van der Waals surface area contributed by atoms with Gasteiger partial charge in [-0.15, -0.1) is 10.2 Å². The highest BCUT2D eigenvalue weighted by atomic mass is 16.5. The number of carbonyl (C=O) groups is 2. The summed E-state index contributed by atoms with van der Waals surface area (Å²) in [5.41, 5.74) is 5.57. The number of imide groups is 1. The van der Waals surface area contributed by atoms with E-state index in [1.807, 2.05) is 5.32 Å². The fourth-order valence-electron chi connectivity index (χ4n) is 1.46. The fourth-order valence-corrected chi connectivity index (χ4v) is 1.46. The van der Waals surface area contributed by atoms with Gasteiger partial charge in [0.25, 0.3) is 5.91 Å². The van der Waals surface area contributed by atoms with E-state index in [4.69, 9.17) is 14.9 Å². The lowest BCUT2D eigenvalue weighted by molar-refractivity contribution is -0.126. The van der Waals surface area contributed by atoms with Crippen LogP contribution in [0.4, 0.5) is 4.79 Å². The van der Waals surface area contributed by atoms with Gasteiger partial charge in [-0.1, -0.05) is 0 Å². The first-order valence-electron chi connectivity index (χ1n) is 5.70. The second kappa shape index (κ2) is 5.83. The number of primary amides is 1. The lowest BCUT2D eigenvalue weighted by Gasteiger charge is -2.13. The first-order valence-corrected chi connectivity index (χ1v) is 5.70. The minimum Gasteiger partial charge on any atom is -0.481 e. The first-order chi connectivity index (χ1) is 9.56. The number of hydrogen-bond acceptors (Lipinski definition) is 6. The van der Waals surface area contributed by atoms with Crippen molar-refractivity contribution in [3.8, 4) is 17.2 Å². The number of carbonyl (C=O) groups excluding carboxylic acids is 2. The van der Waals surface area contributed by atoms with E-state index >= 15 is 0 Å². The molecule has 0 fully saturated rings. The molecular formula is C12H12N4O4. The Balaban J connectivity index is 2.00. The van der Waals surface area contributed by atoms with Gasteiger partial charge in [0.15, 0.2) is 6.10 Å². The van der Waals surface area contributed by atoms with E-state index in [9.17, 15) is 9.59 Å². The molecule has 20 heavy (non-hydrogen) atoms. The Kier molecular flexibility index (Phi) is 3.94. The molecular weight excluding hydrogens is 264 g/mol. The number of amides is 3. The van der Waals surface area contributed by atoms with Gasteiger partial charge in [-0.3, -0.25) is 10.1 Å². The molecule has 2 rings (SSSR count). The predicted molar refractivity (Wildman–Crippen MR) is 67.6 cm³/mol. The molecule has 0 unspecified atom stereocenters. The molecule has 1 heterocycles. The van der Waals surface area contributed by atoms with Crippen LogP contribution in [0.15, 0.2) is 35.1 Å². The molecule has 104 valence electrons. The predicted octanol–water partition coefficient (Wildman–Crippen LogP) is 0.699. The highest BCUT2D eigenvalue weighted by molar-refractivity contribution is 5.95. The number of hydrogen-bond donors (Lipinski definition) is 2. The van der Waals surface area contributed by atoms with Crippen molar-refractivity contribution in [1.29, 1.82) is 0 Å². The Morgan fingerprint density at radius 3 is 2.60 bits per heavy atom. The highest BCUT2D eigenvalue weighted by Crippen LogP contribution is 2.20. The maximum absolute atomic E-state index is 11.4. The van der Waals surface area contributed by atoms with Crippen molar-refractivity contribution in [1.82, 2.24) is 15.5 Å². The van der Waals surface area contributed by atoms with Gasteiger partial charge in [-0.2, -0.15) is 0 Å². The Bertz CT molecular complexity index is 594. The van der Waals surface area contributed by atoms with Gasteiger partial charge in [-0.05, 0) is 31.2 Å². The molecule has 0 spiro atoms.